The molecule has 0 aliphatic carbocycles. The molecule has 0 aliphatic rings. The first-order chi connectivity index (χ1) is 6.90. The van der Waals surface area contributed by atoms with Gasteiger partial charge in [-0.3, -0.25) is 4.99 Å². The van der Waals surface area contributed by atoms with E-state index in [9.17, 15) is 0 Å². The average Bonchev–Trinajstić information content (AvgIpc) is 2.26. The maximum atomic E-state index is 5.22. The highest BCUT2D eigenvalue weighted by Gasteiger charge is 1.96. The molecule has 1 aromatic heterocycles. The van der Waals surface area contributed by atoms with Gasteiger partial charge in [0.1, 0.15) is 5.75 Å². The maximum Gasteiger partial charge on any atom is 0.176 e. The summed E-state index contributed by atoms with van der Waals surface area (Å²) in [5.74, 6) is 0.746. The summed E-state index contributed by atoms with van der Waals surface area (Å²) >= 11 is 0. The van der Waals surface area contributed by atoms with E-state index in [0.29, 0.717) is 0 Å². The zero-order chi connectivity index (χ0) is 9.80. The van der Waals surface area contributed by atoms with Gasteiger partial charge in [-0.25, -0.2) is 0 Å². The minimum absolute atomic E-state index is 0.746. The Balaban J connectivity index is 2.41. The molecule has 0 atom stereocenters. The summed E-state index contributed by atoms with van der Waals surface area (Å²) in [7, 11) is 1.66. The van der Waals surface area contributed by atoms with Crippen LogP contribution in [0.3, 0.4) is 0 Å². The monoisotopic (exact) mass is 187 g/mol. The molecule has 14 heavy (non-hydrogen) atoms. The van der Waals surface area contributed by atoms with Gasteiger partial charge in [-0.05, 0) is 18.2 Å². The Morgan fingerprint density at radius 2 is 2.00 bits per heavy atom. The molecular weight excluding hydrogens is 178 g/mol. The first-order valence-corrected chi connectivity index (χ1v) is 4.18. The Morgan fingerprint density at radius 1 is 1.21 bits per heavy atom. The SMILES string of the molecule is CN=COc1ccc2cnncc2c1. The van der Waals surface area contributed by atoms with Crippen molar-refractivity contribution in [2.75, 3.05) is 7.05 Å². The smallest absolute Gasteiger partial charge is 0.176 e. The molecule has 0 bridgehead atoms. The summed E-state index contributed by atoms with van der Waals surface area (Å²) < 4.78 is 5.22. The first kappa shape index (κ1) is 8.62. The Bertz CT molecular complexity index is 468. The van der Waals surface area contributed by atoms with Crippen LogP contribution in [-0.2, 0) is 0 Å². The van der Waals surface area contributed by atoms with Crippen molar-refractivity contribution in [2.24, 2.45) is 4.99 Å². The molecule has 0 radical (unpaired) electrons. The molecule has 0 unspecified atom stereocenters. The van der Waals surface area contributed by atoms with Crippen LogP contribution in [-0.4, -0.2) is 23.6 Å². The van der Waals surface area contributed by atoms with Crippen molar-refractivity contribution in [1.29, 1.82) is 0 Å². The fraction of sp³-hybridized carbons (Fsp3) is 0.100. The highest BCUT2D eigenvalue weighted by molar-refractivity contribution is 5.82. The van der Waals surface area contributed by atoms with E-state index in [0.717, 1.165) is 16.5 Å². The molecule has 0 spiro atoms. The second kappa shape index (κ2) is 3.83. The number of hydrogen-bond donors (Lipinski definition) is 0. The molecule has 0 aliphatic heterocycles. The van der Waals surface area contributed by atoms with Crippen LogP contribution in [0.5, 0.6) is 5.75 Å². The summed E-state index contributed by atoms with van der Waals surface area (Å²) in [6.07, 6.45) is 4.81. The fourth-order valence-corrected chi connectivity index (χ4v) is 1.16. The zero-order valence-electron chi connectivity index (χ0n) is 7.71. The van der Waals surface area contributed by atoms with Crippen molar-refractivity contribution in [3.05, 3.63) is 30.6 Å². The highest BCUT2D eigenvalue weighted by atomic mass is 16.5. The lowest BCUT2D eigenvalue weighted by Gasteiger charge is -2.00. The number of ether oxygens (including phenoxy) is 1. The van der Waals surface area contributed by atoms with E-state index in [1.165, 1.54) is 6.40 Å². The van der Waals surface area contributed by atoms with Crippen LogP contribution in [0.15, 0.2) is 35.6 Å². The normalized spacial score (nSPS) is 10.9. The molecule has 1 heterocycles. The number of nitrogens with zero attached hydrogens (tertiary/aromatic N) is 3. The zero-order valence-corrected chi connectivity index (χ0v) is 7.71. The average molecular weight is 187 g/mol. The van der Waals surface area contributed by atoms with Gasteiger partial charge in [0.2, 0.25) is 0 Å². The highest BCUT2D eigenvalue weighted by Crippen LogP contribution is 2.18. The van der Waals surface area contributed by atoms with Crippen LogP contribution in [0.1, 0.15) is 0 Å². The summed E-state index contributed by atoms with van der Waals surface area (Å²) in [4.78, 5) is 3.74. The van der Waals surface area contributed by atoms with Crippen molar-refractivity contribution >= 4 is 17.2 Å². The third kappa shape index (κ3) is 1.69. The molecule has 0 saturated carbocycles. The van der Waals surface area contributed by atoms with Crippen molar-refractivity contribution in [1.82, 2.24) is 10.2 Å². The van der Waals surface area contributed by atoms with Gasteiger partial charge in [0.05, 0.1) is 12.4 Å². The minimum atomic E-state index is 0.746. The third-order valence-corrected chi connectivity index (χ3v) is 1.81. The van der Waals surface area contributed by atoms with Crippen molar-refractivity contribution in [3.63, 3.8) is 0 Å². The molecule has 2 rings (SSSR count). The predicted molar refractivity (Wildman–Crippen MR) is 54.6 cm³/mol. The number of aromatic nitrogens is 2. The molecule has 0 saturated heterocycles. The van der Waals surface area contributed by atoms with Crippen LogP contribution < -0.4 is 4.74 Å². The molecule has 0 amide bonds. The van der Waals surface area contributed by atoms with Gasteiger partial charge in [0.15, 0.2) is 6.40 Å². The van der Waals surface area contributed by atoms with E-state index < -0.39 is 0 Å². The number of fused-ring (bicyclic) bond motifs is 1. The van der Waals surface area contributed by atoms with Gasteiger partial charge in [0.25, 0.3) is 0 Å². The van der Waals surface area contributed by atoms with Crippen LogP contribution in [0.25, 0.3) is 10.8 Å². The minimum Gasteiger partial charge on any atom is -0.446 e. The summed E-state index contributed by atoms with van der Waals surface area (Å²) in [5.41, 5.74) is 0. The number of aliphatic imine (C=N–C) groups is 1. The molecule has 70 valence electrons. The van der Waals surface area contributed by atoms with E-state index in [2.05, 4.69) is 15.2 Å². The quantitative estimate of drug-likeness (QED) is 0.530. The molecular formula is C10H9N3O. The Hall–Kier alpha value is -1.97. The van der Waals surface area contributed by atoms with Crippen LogP contribution in [0.4, 0.5) is 0 Å². The van der Waals surface area contributed by atoms with Crippen molar-refractivity contribution in [3.8, 4) is 5.75 Å². The van der Waals surface area contributed by atoms with Gasteiger partial charge < -0.3 is 4.74 Å². The van der Waals surface area contributed by atoms with Gasteiger partial charge >= 0.3 is 0 Å². The van der Waals surface area contributed by atoms with E-state index >= 15 is 0 Å². The van der Waals surface area contributed by atoms with E-state index in [1.807, 2.05) is 18.2 Å². The summed E-state index contributed by atoms with van der Waals surface area (Å²) in [5, 5.41) is 9.63. The van der Waals surface area contributed by atoms with Crippen LogP contribution >= 0.6 is 0 Å². The predicted octanol–water partition coefficient (Wildman–Crippen LogP) is 1.67. The lowest BCUT2D eigenvalue weighted by molar-refractivity contribution is 0.574. The summed E-state index contributed by atoms with van der Waals surface area (Å²) in [6.45, 7) is 0. The topological polar surface area (TPSA) is 47.4 Å². The molecule has 2 aromatic rings. The second-order valence-electron chi connectivity index (χ2n) is 2.76. The maximum absolute atomic E-state index is 5.22. The summed E-state index contributed by atoms with van der Waals surface area (Å²) in [6, 6.07) is 5.69. The van der Waals surface area contributed by atoms with Crippen molar-refractivity contribution in [2.45, 2.75) is 0 Å². The Labute approximate surface area is 81.3 Å². The van der Waals surface area contributed by atoms with Crippen LogP contribution in [0, 0.1) is 0 Å². The molecule has 4 nitrogen and oxygen atoms in total. The molecule has 0 N–H and O–H groups in total. The van der Waals surface area contributed by atoms with Crippen molar-refractivity contribution < 1.29 is 4.74 Å². The van der Waals surface area contributed by atoms with Gasteiger partial charge in [-0.15, -0.1) is 0 Å². The standard InChI is InChI=1S/C10H9N3O/c1-11-7-14-10-3-2-8-5-12-13-6-9(8)4-10/h2-7H,1H3. The lowest BCUT2D eigenvalue weighted by atomic mass is 10.2. The Kier molecular flexibility index (Phi) is 2.36. The largest absolute Gasteiger partial charge is 0.446 e. The number of rotatable bonds is 2. The van der Waals surface area contributed by atoms with Gasteiger partial charge in [0, 0.05) is 17.8 Å². The third-order valence-electron chi connectivity index (χ3n) is 1.81. The van der Waals surface area contributed by atoms with E-state index in [4.69, 9.17) is 4.74 Å². The molecule has 1 aromatic carbocycles. The lowest BCUT2D eigenvalue weighted by Crippen LogP contribution is -1.89. The number of hydrogen-bond acceptors (Lipinski definition) is 4. The molecule has 0 fully saturated rings. The molecule has 4 heteroatoms. The Morgan fingerprint density at radius 3 is 2.79 bits per heavy atom. The van der Waals surface area contributed by atoms with Gasteiger partial charge in [-0.1, -0.05) is 0 Å². The van der Waals surface area contributed by atoms with Crippen LogP contribution in [0.2, 0.25) is 0 Å². The van der Waals surface area contributed by atoms with E-state index in [1.54, 1.807) is 19.4 Å². The number of benzene rings is 1. The second-order valence-corrected chi connectivity index (χ2v) is 2.76. The first-order valence-electron chi connectivity index (χ1n) is 4.18. The van der Waals surface area contributed by atoms with E-state index in [-0.39, 0.29) is 0 Å². The van der Waals surface area contributed by atoms with Gasteiger partial charge in [-0.2, -0.15) is 10.2 Å². The fourth-order valence-electron chi connectivity index (χ4n) is 1.16.